The van der Waals surface area contributed by atoms with Crippen LogP contribution in [0.4, 0.5) is 5.13 Å². The number of nitrogens with one attached hydrogen (secondary N) is 1. The molecule has 0 amide bonds. The number of hydrogen-bond acceptors (Lipinski definition) is 4. The van der Waals surface area contributed by atoms with Gasteiger partial charge in [-0.3, -0.25) is 0 Å². The molecule has 80 valence electrons. The molecule has 0 unspecified atom stereocenters. The highest BCUT2D eigenvalue weighted by Gasteiger charge is 1.99. The summed E-state index contributed by atoms with van der Waals surface area (Å²) in [6.07, 6.45) is 3.28. The first kappa shape index (κ1) is 11.7. The van der Waals surface area contributed by atoms with Crippen molar-refractivity contribution in [1.82, 2.24) is 4.98 Å². The number of nitrogens with zero attached hydrogens (tertiary/aromatic N) is 2. The summed E-state index contributed by atoms with van der Waals surface area (Å²) >= 11 is 7.12. The van der Waals surface area contributed by atoms with Crippen molar-refractivity contribution < 1.29 is 0 Å². The van der Waals surface area contributed by atoms with Gasteiger partial charge < -0.3 is 11.1 Å². The second-order valence-electron chi connectivity index (χ2n) is 2.69. The number of amidine groups is 1. The van der Waals surface area contributed by atoms with Crippen molar-refractivity contribution >= 4 is 33.9 Å². The second kappa shape index (κ2) is 5.53. The molecule has 0 spiro atoms. The summed E-state index contributed by atoms with van der Waals surface area (Å²) in [5.74, 6) is 0.952. The van der Waals surface area contributed by atoms with Gasteiger partial charge in [0.2, 0.25) is 0 Å². The van der Waals surface area contributed by atoms with Crippen LogP contribution in [0.5, 0.6) is 0 Å². The molecule has 0 aliphatic carbocycles. The lowest BCUT2D eigenvalue weighted by atomic mass is 10.5. The van der Waals surface area contributed by atoms with Gasteiger partial charge in [-0.2, -0.15) is 0 Å². The molecule has 1 rings (SSSR count). The van der Waals surface area contributed by atoms with Crippen LogP contribution in [0.15, 0.2) is 40.1 Å². The zero-order valence-corrected chi connectivity index (χ0v) is 9.77. The van der Waals surface area contributed by atoms with E-state index in [2.05, 4.69) is 21.9 Å². The van der Waals surface area contributed by atoms with Crippen LogP contribution in [0.2, 0.25) is 0 Å². The smallest absolute Gasteiger partial charge is 0.188 e. The van der Waals surface area contributed by atoms with E-state index in [0.717, 1.165) is 5.13 Å². The molecular formula is C9H11ClN4S. The highest BCUT2D eigenvalue weighted by atomic mass is 35.5. The predicted molar refractivity (Wildman–Crippen MR) is 66.1 cm³/mol. The third kappa shape index (κ3) is 4.62. The van der Waals surface area contributed by atoms with Crippen LogP contribution >= 0.6 is 22.9 Å². The van der Waals surface area contributed by atoms with E-state index in [9.17, 15) is 0 Å². The van der Waals surface area contributed by atoms with Gasteiger partial charge in [0.1, 0.15) is 5.82 Å². The van der Waals surface area contributed by atoms with Crippen LogP contribution in [-0.4, -0.2) is 10.8 Å². The Morgan fingerprint density at radius 3 is 3.00 bits per heavy atom. The standard InChI is InChI=1S/C9H11ClN4S/c1-6(10)5-8(13-7(2)11)14-9-12-3-4-15-9/h3-5H,1H2,2H3,(H2,11,13)(H,12,14)/b8-5+. The number of aromatic nitrogens is 1. The summed E-state index contributed by atoms with van der Waals surface area (Å²) in [5, 5.41) is 5.93. The molecular weight excluding hydrogens is 232 g/mol. The molecule has 1 aromatic rings. The molecule has 0 aliphatic heterocycles. The number of rotatable bonds is 4. The van der Waals surface area contributed by atoms with Gasteiger partial charge in [-0.15, -0.1) is 11.3 Å². The zero-order valence-electron chi connectivity index (χ0n) is 8.20. The maximum atomic E-state index is 5.66. The minimum atomic E-state index is 0.374. The van der Waals surface area contributed by atoms with E-state index >= 15 is 0 Å². The van der Waals surface area contributed by atoms with E-state index in [1.807, 2.05) is 5.38 Å². The molecule has 0 saturated carbocycles. The number of aliphatic imine (C=N–C) groups is 1. The van der Waals surface area contributed by atoms with Gasteiger partial charge in [0, 0.05) is 16.6 Å². The van der Waals surface area contributed by atoms with Crippen LogP contribution in [0, 0.1) is 0 Å². The summed E-state index contributed by atoms with van der Waals surface area (Å²) in [6, 6.07) is 0. The van der Waals surface area contributed by atoms with Gasteiger partial charge in [-0.25, -0.2) is 9.98 Å². The third-order valence-electron chi connectivity index (χ3n) is 1.26. The Balaban J connectivity index is 2.83. The number of thiazole rings is 1. The number of allylic oxidation sites excluding steroid dienone is 2. The van der Waals surface area contributed by atoms with Crippen molar-refractivity contribution in [2.45, 2.75) is 6.92 Å². The Morgan fingerprint density at radius 1 is 1.80 bits per heavy atom. The molecule has 0 aliphatic rings. The minimum absolute atomic E-state index is 0.374. The summed E-state index contributed by atoms with van der Waals surface area (Å²) in [7, 11) is 0. The molecule has 0 bridgehead atoms. The quantitative estimate of drug-likeness (QED) is 0.485. The Hall–Kier alpha value is -1.33. The molecule has 0 fully saturated rings. The van der Waals surface area contributed by atoms with Gasteiger partial charge >= 0.3 is 0 Å². The number of halogens is 1. The van der Waals surface area contributed by atoms with Crippen LogP contribution in [0.25, 0.3) is 0 Å². The van der Waals surface area contributed by atoms with Crippen molar-refractivity contribution in [3.05, 3.63) is 35.1 Å². The van der Waals surface area contributed by atoms with Gasteiger partial charge in [-0.1, -0.05) is 18.2 Å². The molecule has 0 aromatic carbocycles. The Kier molecular flexibility index (Phi) is 4.33. The van der Waals surface area contributed by atoms with E-state index in [4.69, 9.17) is 17.3 Å². The Morgan fingerprint density at radius 2 is 2.53 bits per heavy atom. The fourth-order valence-corrected chi connectivity index (χ4v) is 1.47. The Labute approximate surface area is 97.2 Å². The van der Waals surface area contributed by atoms with E-state index in [0.29, 0.717) is 16.7 Å². The molecule has 0 saturated heterocycles. The highest BCUT2D eigenvalue weighted by molar-refractivity contribution is 7.13. The van der Waals surface area contributed by atoms with Gasteiger partial charge in [0.25, 0.3) is 0 Å². The molecule has 3 N–H and O–H groups in total. The van der Waals surface area contributed by atoms with Crippen LogP contribution in [0.3, 0.4) is 0 Å². The van der Waals surface area contributed by atoms with Crippen LogP contribution in [0.1, 0.15) is 6.92 Å². The summed E-state index contributed by atoms with van der Waals surface area (Å²) in [5.41, 5.74) is 5.48. The maximum absolute atomic E-state index is 5.66. The summed E-state index contributed by atoms with van der Waals surface area (Å²) < 4.78 is 0. The number of anilines is 1. The fourth-order valence-electron chi connectivity index (χ4n) is 0.829. The first-order valence-corrected chi connectivity index (χ1v) is 5.37. The van der Waals surface area contributed by atoms with Gasteiger partial charge in [0.05, 0.1) is 5.84 Å². The molecule has 15 heavy (non-hydrogen) atoms. The molecule has 0 atom stereocenters. The molecule has 6 heteroatoms. The molecule has 1 heterocycles. The molecule has 1 aromatic heterocycles. The first-order chi connectivity index (χ1) is 7.08. The van der Waals surface area contributed by atoms with Crippen LogP contribution < -0.4 is 11.1 Å². The monoisotopic (exact) mass is 242 g/mol. The number of nitrogens with two attached hydrogens (primary N) is 1. The average Bonchev–Trinajstić information content (AvgIpc) is 2.53. The van der Waals surface area contributed by atoms with E-state index < -0.39 is 0 Å². The van der Waals surface area contributed by atoms with Gasteiger partial charge in [-0.05, 0) is 13.0 Å². The summed E-state index contributed by atoms with van der Waals surface area (Å²) in [4.78, 5) is 8.11. The highest BCUT2D eigenvalue weighted by Crippen LogP contribution is 2.15. The predicted octanol–water partition coefficient (Wildman–Crippen LogP) is 2.53. The van der Waals surface area contributed by atoms with Crippen molar-refractivity contribution in [3.8, 4) is 0 Å². The third-order valence-corrected chi connectivity index (χ3v) is 2.06. The lowest BCUT2D eigenvalue weighted by molar-refractivity contribution is 1.25. The molecule has 4 nitrogen and oxygen atoms in total. The van der Waals surface area contributed by atoms with Crippen LogP contribution in [-0.2, 0) is 0 Å². The second-order valence-corrected chi connectivity index (χ2v) is 4.07. The normalized spacial score (nSPS) is 12.7. The van der Waals surface area contributed by atoms with Crippen molar-refractivity contribution in [1.29, 1.82) is 0 Å². The number of hydrogen-bond donors (Lipinski definition) is 2. The topological polar surface area (TPSA) is 63.3 Å². The largest absolute Gasteiger partial charge is 0.387 e. The lowest BCUT2D eigenvalue weighted by Crippen LogP contribution is -2.08. The average molecular weight is 243 g/mol. The minimum Gasteiger partial charge on any atom is -0.387 e. The first-order valence-electron chi connectivity index (χ1n) is 4.11. The van der Waals surface area contributed by atoms with Gasteiger partial charge in [0.15, 0.2) is 5.13 Å². The fraction of sp³-hybridized carbons (Fsp3) is 0.111. The lowest BCUT2D eigenvalue weighted by Gasteiger charge is -2.03. The Bertz CT molecular complexity index is 390. The van der Waals surface area contributed by atoms with E-state index in [1.165, 1.54) is 11.3 Å². The van der Waals surface area contributed by atoms with E-state index in [-0.39, 0.29) is 0 Å². The van der Waals surface area contributed by atoms with E-state index in [1.54, 1.807) is 19.2 Å². The van der Waals surface area contributed by atoms with Crippen molar-refractivity contribution in [2.75, 3.05) is 5.32 Å². The summed E-state index contributed by atoms with van der Waals surface area (Å²) in [6.45, 7) is 5.24. The maximum Gasteiger partial charge on any atom is 0.188 e. The SMILES string of the molecule is C=C(Cl)/C=C(\N=C(\C)N)Nc1nccs1. The molecule has 0 radical (unpaired) electrons. The van der Waals surface area contributed by atoms with Crippen molar-refractivity contribution in [2.24, 2.45) is 10.7 Å². The van der Waals surface area contributed by atoms with Crippen molar-refractivity contribution in [3.63, 3.8) is 0 Å². The zero-order chi connectivity index (χ0) is 11.3.